The summed E-state index contributed by atoms with van der Waals surface area (Å²) in [5.74, 6) is -0.304. The van der Waals surface area contributed by atoms with E-state index in [1.165, 1.54) is 0 Å². The van der Waals surface area contributed by atoms with Gasteiger partial charge in [-0.1, -0.05) is 54.4 Å². The van der Waals surface area contributed by atoms with Gasteiger partial charge in [0, 0.05) is 44.8 Å². The minimum absolute atomic E-state index is 0.0566. The maximum absolute atomic E-state index is 13.2. The highest BCUT2D eigenvalue weighted by atomic mass is 16.6. The van der Waals surface area contributed by atoms with E-state index < -0.39 is 6.04 Å². The van der Waals surface area contributed by atoms with Crippen LogP contribution in [-0.2, 0) is 38.1 Å². The van der Waals surface area contributed by atoms with Crippen molar-refractivity contribution >= 4 is 23.4 Å². The Balaban J connectivity index is 4.35. The number of carbonyl (C=O) groups is 4. The van der Waals surface area contributed by atoms with Crippen molar-refractivity contribution in [2.75, 3.05) is 59.9 Å². The molecule has 0 rings (SSSR count). The lowest BCUT2D eigenvalue weighted by Crippen LogP contribution is -2.45. The SMILES string of the molecule is COCCOCCOCCOCCC(=O)NCCCC[C@H](CC(=O)[C@@H](NC(=O)CCCC(C)C)C(C)C)C(=O)C(C)C. The highest BCUT2D eigenvalue weighted by molar-refractivity contribution is 5.93. The van der Waals surface area contributed by atoms with Crippen molar-refractivity contribution in [2.24, 2.45) is 23.7 Å². The predicted octanol–water partition coefficient (Wildman–Crippen LogP) is 4.13. The van der Waals surface area contributed by atoms with Crippen LogP contribution in [0.3, 0.4) is 0 Å². The van der Waals surface area contributed by atoms with Gasteiger partial charge in [-0.15, -0.1) is 0 Å². The lowest BCUT2D eigenvalue weighted by atomic mass is 9.84. The maximum atomic E-state index is 13.2. The molecule has 0 aliphatic carbocycles. The van der Waals surface area contributed by atoms with E-state index in [2.05, 4.69) is 24.5 Å². The molecule has 246 valence electrons. The maximum Gasteiger partial charge on any atom is 0.222 e. The largest absolute Gasteiger partial charge is 0.382 e. The normalized spacial score (nSPS) is 13.0. The average Bonchev–Trinajstić information content (AvgIpc) is 2.92. The molecule has 2 atom stereocenters. The van der Waals surface area contributed by atoms with Crippen LogP contribution in [-0.4, -0.2) is 89.3 Å². The van der Waals surface area contributed by atoms with Crippen LogP contribution < -0.4 is 10.6 Å². The van der Waals surface area contributed by atoms with Crippen LogP contribution in [0.15, 0.2) is 0 Å². The standard InChI is InChI=1S/C32H60N2O8/c1-24(2)11-10-13-30(37)34-31(25(3)4)28(35)23-27(32(38)26(5)6)12-8-9-15-33-29(36)14-16-40-19-20-42-22-21-41-18-17-39-7/h24-27,31H,8-23H2,1-7H3,(H,33,36)(H,34,37)/t27-,31+/m1/s1. The van der Waals surface area contributed by atoms with E-state index in [-0.39, 0.29) is 54.0 Å². The van der Waals surface area contributed by atoms with E-state index >= 15 is 0 Å². The lowest BCUT2D eigenvalue weighted by Gasteiger charge is -2.24. The molecular weight excluding hydrogens is 540 g/mol. The zero-order valence-electron chi connectivity index (χ0n) is 27.5. The second-order valence-electron chi connectivity index (χ2n) is 11.9. The number of rotatable bonds is 28. The Kier molecular flexibility index (Phi) is 24.5. The van der Waals surface area contributed by atoms with Crippen LogP contribution in [0.5, 0.6) is 0 Å². The van der Waals surface area contributed by atoms with Gasteiger partial charge in [0.05, 0.1) is 52.3 Å². The Bertz CT molecular complexity index is 742. The summed E-state index contributed by atoms with van der Waals surface area (Å²) in [5.41, 5.74) is 0. The number of nitrogens with one attached hydrogen (secondary N) is 2. The first kappa shape index (κ1) is 40.1. The third-order valence-corrected chi connectivity index (χ3v) is 6.89. The number of unbranched alkanes of at least 4 members (excludes halogenated alkanes) is 1. The molecule has 0 saturated carbocycles. The first-order valence-electron chi connectivity index (χ1n) is 15.8. The molecule has 0 heterocycles. The Morgan fingerprint density at radius 2 is 1.26 bits per heavy atom. The minimum atomic E-state index is -0.591. The molecule has 0 fully saturated rings. The molecule has 0 aromatic carbocycles. The van der Waals surface area contributed by atoms with Gasteiger partial charge in [0.15, 0.2) is 5.78 Å². The molecular formula is C32H60N2O8. The van der Waals surface area contributed by atoms with Gasteiger partial charge in [0.25, 0.3) is 0 Å². The van der Waals surface area contributed by atoms with E-state index in [1.807, 2.05) is 27.7 Å². The van der Waals surface area contributed by atoms with Crippen molar-refractivity contribution in [3.63, 3.8) is 0 Å². The topological polar surface area (TPSA) is 129 Å². The molecule has 2 N–H and O–H groups in total. The van der Waals surface area contributed by atoms with Crippen LogP contribution in [0.25, 0.3) is 0 Å². The number of ketones is 2. The predicted molar refractivity (Wildman–Crippen MR) is 164 cm³/mol. The monoisotopic (exact) mass is 600 g/mol. The molecule has 0 bridgehead atoms. The molecule has 2 amide bonds. The molecule has 0 saturated heterocycles. The summed E-state index contributed by atoms with van der Waals surface area (Å²) in [7, 11) is 1.62. The smallest absolute Gasteiger partial charge is 0.222 e. The molecule has 0 aliphatic heterocycles. The second-order valence-corrected chi connectivity index (χ2v) is 11.9. The molecule has 0 unspecified atom stereocenters. The molecule has 0 aliphatic rings. The number of amides is 2. The van der Waals surface area contributed by atoms with E-state index in [0.29, 0.717) is 84.4 Å². The Morgan fingerprint density at radius 1 is 0.667 bits per heavy atom. The van der Waals surface area contributed by atoms with Crippen molar-refractivity contribution in [1.29, 1.82) is 0 Å². The van der Waals surface area contributed by atoms with E-state index in [1.54, 1.807) is 7.11 Å². The number of Topliss-reactive ketones (excluding diaryl/α,β-unsaturated/α-hetero) is 2. The van der Waals surface area contributed by atoms with Crippen LogP contribution in [0, 0.1) is 23.7 Å². The lowest BCUT2D eigenvalue weighted by molar-refractivity contribution is -0.133. The molecule has 10 nitrogen and oxygen atoms in total. The van der Waals surface area contributed by atoms with Crippen molar-refractivity contribution in [2.45, 2.75) is 99.0 Å². The summed E-state index contributed by atoms with van der Waals surface area (Å²) >= 11 is 0. The summed E-state index contributed by atoms with van der Waals surface area (Å²) in [4.78, 5) is 50.7. The quantitative estimate of drug-likeness (QED) is 0.128. The van der Waals surface area contributed by atoms with Gasteiger partial charge in [-0.05, 0) is 31.1 Å². The fourth-order valence-corrected chi connectivity index (χ4v) is 4.40. The van der Waals surface area contributed by atoms with Crippen molar-refractivity contribution < 1.29 is 38.1 Å². The Labute approximate surface area is 254 Å². The minimum Gasteiger partial charge on any atom is -0.382 e. The van der Waals surface area contributed by atoms with E-state index in [4.69, 9.17) is 18.9 Å². The number of methoxy groups -OCH3 is 1. The van der Waals surface area contributed by atoms with Gasteiger partial charge < -0.3 is 29.6 Å². The van der Waals surface area contributed by atoms with Gasteiger partial charge in [0.1, 0.15) is 5.78 Å². The van der Waals surface area contributed by atoms with Crippen LogP contribution >= 0.6 is 0 Å². The van der Waals surface area contributed by atoms with Crippen molar-refractivity contribution in [1.82, 2.24) is 10.6 Å². The average molecular weight is 601 g/mol. The summed E-state index contributed by atoms with van der Waals surface area (Å²) in [5, 5.41) is 5.81. The molecule has 42 heavy (non-hydrogen) atoms. The van der Waals surface area contributed by atoms with Gasteiger partial charge in [0.2, 0.25) is 11.8 Å². The Hall–Kier alpha value is -1.88. The molecule has 0 spiro atoms. The van der Waals surface area contributed by atoms with Crippen molar-refractivity contribution in [3.8, 4) is 0 Å². The Morgan fingerprint density at radius 3 is 1.81 bits per heavy atom. The summed E-state index contributed by atoms with van der Waals surface area (Å²) in [6, 6.07) is -0.591. The second kappa shape index (κ2) is 25.6. The fraction of sp³-hybridized carbons (Fsp3) is 0.875. The van der Waals surface area contributed by atoms with Crippen LogP contribution in [0.2, 0.25) is 0 Å². The van der Waals surface area contributed by atoms with Crippen LogP contribution in [0.1, 0.15) is 92.9 Å². The molecule has 0 radical (unpaired) electrons. The summed E-state index contributed by atoms with van der Waals surface area (Å²) < 4.78 is 21.0. The summed E-state index contributed by atoms with van der Waals surface area (Å²) in [6.07, 6.45) is 4.56. The number of hydrogen-bond donors (Lipinski definition) is 2. The number of ether oxygens (including phenoxy) is 4. The summed E-state index contributed by atoms with van der Waals surface area (Å²) in [6.45, 7) is 15.5. The first-order chi connectivity index (χ1) is 20.0. The highest BCUT2D eigenvalue weighted by Crippen LogP contribution is 2.21. The zero-order chi connectivity index (χ0) is 31.8. The van der Waals surface area contributed by atoms with E-state index in [0.717, 1.165) is 12.8 Å². The third kappa shape index (κ3) is 21.8. The molecule has 0 aromatic rings. The fourth-order valence-electron chi connectivity index (χ4n) is 4.40. The first-order valence-corrected chi connectivity index (χ1v) is 15.8. The van der Waals surface area contributed by atoms with Gasteiger partial charge in [-0.2, -0.15) is 0 Å². The van der Waals surface area contributed by atoms with Gasteiger partial charge in [-0.25, -0.2) is 0 Å². The molecule has 0 aromatic heterocycles. The molecule has 10 heteroatoms. The third-order valence-electron chi connectivity index (χ3n) is 6.89. The zero-order valence-corrected chi connectivity index (χ0v) is 27.5. The van der Waals surface area contributed by atoms with Crippen molar-refractivity contribution in [3.05, 3.63) is 0 Å². The highest BCUT2D eigenvalue weighted by Gasteiger charge is 2.30. The number of carbonyl (C=O) groups excluding carboxylic acids is 4. The van der Waals surface area contributed by atoms with Crippen LogP contribution in [0.4, 0.5) is 0 Å². The van der Waals surface area contributed by atoms with Gasteiger partial charge in [-0.3, -0.25) is 19.2 Å². The van der Waals surface area contributed by atoms with Gasteiger partial charge >= 0.3 is 0 Å². The number of hydrogen-bond acceptors (Lipinski definition) is 8. The van der Waals surface area contributed by atoms with E-state index in [9.17, 15) is 19.2 Å².